The van der Waals surface area contributed by atoms with Gasteiger partial charge >= 0.3 is 0 Å². The lowest BCUT2D eigenvalue weighted by molar-refractivity contribution is -0.138. The van der Waals surface area contributed by atoms with Crippen LogP contribution >= 0.6 is 11.6 Å². The quantitative estimate of drug-likeness (QED) is 0.590. The van der Waals surface area contributed by atoms with Gasteiger partial charge in [-0.15, -0.1) is 0 Å². The van der Waals surface area contributed by atoms with E-state index >= 15 is 0 Å². The van der Waals surface area contributed by atoms with Crippen LogP contribution in [0.4, 0.5) is 0 Å². The van der Waals surface area contributed by atoms with Crippen LogP contribution in [0.3, 0.4) is 0 Å². The fourth-order valence-corrected chi connectivity index (χ4v) is 5.37. The van der Waals surface area contributed by atoms with Crippen LogP contribution in [0.5, 0.6) is 0 Å². The molecule has 128 valence electrons. The lowest BCUT2D eigenvalue weighted by Crippen LogP contribution is -2.43. The summed E-state index contributed by atoms with van der Waals surface area (Å²) in [5, 5.41) is 0.0467. The van der Waals surface area contributed by atoms with E-state index in [-0.39, 0.29) is 57.5 Å². The molecule has 1 aromatic carbocycles. The number of ketones is 3. The van der Waals surface area contributed by atoms with Gasteiger partial charge in [0.1, 0.15) is 5.92 Å². The molecule has 1 aliphatic carbocycles. The van der Waals surface area contributed by atoms with Gasteiger partial charge in [-0.25, -0.2) is 8.42 Å². The van der Waals surface area contributed by atoms with E-state index in [1.165, 1.54) is 12.1 Å². The van der Waals surface area contributed by atoms with E-state index < -0.39 is 21.5 Å². The van der Waals surface area contributed by atoms with Gasteiger partial charge in [-0.05, 0) is 30.0 Å². The number of benzene rings is 1. The largest absolute Gasteiger partial charge is 0.298 e. The normalized spacial score (nSPS) is 28.7. The van der Waals surface area contributed by atoms with Crippen molar-refractivity contribution in [3.8, 4) is 0 Å². The maximum absolute atomic E-state index is 12.8. The Bertz CT molecular complexity index is 871. The number of hydrogen-bond acceptors (Lipinski definition) is 5. The lowest BCUT2D eigenvalue weighted by Gasteiger charge is -2.29. The van der Waals surface area contributed by atoms with Crippen LogP contribution < -0.4 is 0 Å². The molecule has 0 amide bonds. The summed E-state index contributed by atoms with van der Waals surface area (Å²) in [4.78, 5) is 37.6. The van der Waals surface area contributed by atoms with Gasteiger partial charge < -0.3 is 0 Å². The Kier molecular flexibility index (Phi) is 4.16. The van der Waals surface area contributed by atoms with Crippen LogP contribution in [0.15, 0.2) is 17.0 Å². The predicted molar refractivity (Wildman–Crippen MR) is 88.0 cm³/mol. The van der Waals surface area contributed by atoms with Crippen LogP contribution in [0.2, 0.25) is 5.02 Å². The van der Waals surface area contributed by atoms with E-state index in [2.05, 4.69) is 0 Å². The van der Waals surface area contributed by atoms with Crippen molar-refractivity contribution < 1.29 is 22.8 Å². The summed E-state index contributed by atoms with van der Waals surface area (Å²) in [6.45, 7) is 3.53. The van der Waals surface area contributed by atoms with E-state index in [9.17, 15) is 22.8 Å². The van der Waals surface area contributed by atoms with Crippen molar-refractivity contribution in [3.63, 3.8) is 0 Å². The number of hydrogen-bond donors (Lipinski definition) is 0. The van der Waals surface area contributed by atoms with Crippen molar-refractivity contribution in [2.24, 2.45) is 17.8 Å². The number of rotatable bonds is 2. The monoisotopic (exact) mass is 368 g/mol. The number of carbonyl (C=O) groups excluding carboxylic acids is 3. The third-order valence-electron chi connectivity index (χ3n) is 5.12. The zero-order valence-electron chi connectivity index (χ0n) is 13.3. The molecule has 0 saturated heterocycles. The number of fused-ring (bicyclic) bond motifs is 1. The molecule has 7 heteroatoms. The Morgan fingerprint density at radius 1 is 1.21 bits per heavy atom. The smallest absolute Gasteiger partial charge is 0.182 e. The van der Waals surface area contributed by atoms with Crippen LogP contribution in [0, 0.1) is 17.8 Å². The average molecular weight is 369 g/mol. The van der Waals surface area contributed by atoms with Gasteiger partial charge in [-0.2, -0.15) is 0 Å². The summed E-state index contributed by atoms with van der Waals surface area (Å²) in [5.74, 6) is -3.23. The van der Waals surface area contributed by atoms with Crippen molar-refractivity contribution in [2.45, 2.75) is 31.6 Å². The third kappa shape index (κ3) is 2.52. The number of Topliss-reactive ketones (excluding diaryl/α,β-unsaturated/α-hetero) is 3. The Labute approximate surface area is 145 Å². The van der Waals surface area contributed by atoms with Gasteiger partial charge in [0, 0.05) is 17.9 Å². The topological polar surface area (TPSA) is 85.3 Å². The van der Waals surface area contributed by atoms with Gasteiger partial charge in [-0.1, -0.05) is 25.4 Å². The molecule has 5 nitrogen and oxygen atoms in total. The minimum atomic E-state index is -3.36. The first-order valence-electron chi connectivity index (χ1n) is 7.80. The van der Waals surface area contributed by atoms with Crippen LogP contribution in [0.1, 0.15) is 36.2 Å². The molecule has 0 aromatic heterocycles. The second-order valence-corrected chi connectivity index (χ2v) is 9.06. The van der Waals surface area contributed by atoms with Crippen LogP contribution in [-0.4, -0.2) is 31.5 Å². The maximum Gasteiger partial charge on any atom is 0.182 e. The van der Waals surface area contributed by atoms with Gasteiger partial charge in [-0.3, -0.25) is 14.4 Å². The van der Waals surface area contributed by atoms with Crippen molar-refractivity contribution in [1.82, 2.24) is 0 Å². The highest BCUT2D eigenvalue weighted by atomic mass is 35.5. The number of carbonyl (C=O) groups is 3. The highest BCUT2D eigenvalue weighted by molar-refractivity contribution is 7.91. The lowest BCUT2D eigenvalue weighted by atomic mass is 9.71. The molecule has 0 spiro atoms. The SMILES string of the molecule is CC1CC(=O)C(C(=O)c2ccc3c(c2Cl)CCS3(=O)=O)C(=O)C1C. The summed E-state index contributed by atoms with van der Waals surface area (Å²) < 4.78 is 23.8. The third-order valence-corrected chi connectivity index (χ3v) is 7.34. The molecule has 0 N–H and O–H groups in total. The Balaban J connectivity index is 2.03. The molecular formula is C17H17ClO5S. The van der Waals surface area contributed by atoms with Crippen molar-refractivity contribution in [2.75, 3.05) is 5.75 Å². The molecular weight excluding hydrogens is 352 g/mol. The summed E-state index contributed by atoms with van der Waals surface area (Å²) >= 11 is 6.25. The first-order valence-corrected chi connectivity index (χ1v) is 9.83. The van der Waals surface area contributed by atoms with Crippen LogP contribution in [0.25, 0.3) is 0 Å². The summed E-state index contributed by atoms with van der Waals surface area (Å²) in [6, 6.07) is 2.66. The van der Waals surface area contributed by atoms with Crippen molar-refractivity contribution in [3.05, 3.63) is 28.3 Å². The molecule has 1 saturated carbocycles. The molecule has 1 fully saturated rings. The minimum absolute atomic E-state index is 0.0461. The van der Waals surface area contributed by atoms with E-state index in [0.29, 0.717) is 5.56 Å². The van der Waals surface area contributed by atoms with Gasteiger partial charge in [0.05, 0.1) is 15.7 Å². The van der Waals surface area contributed by atoms with Crippen molar-refractivity contribution >= 4 is 38.8 Å². The highest BCUT2D eigenvalue weighted by Gasteiger charge is 2.44. The summed E-state index contributed by atoms with van der Waals surface area (Å²) in [7, 11) is -3.36. The Hall–Kier alpha value is -1.53. The minimum Gasteiger partial charge on any atom is -0.298 e. The van der Waals surface area contributed by atoms with E-state index in [1.54, 1.807) is 6.92 Å². The zero-order chi connectivity index (χ0) is 17.8. The standard InChI is InChI=1S/C17H17ClO5S/c1-8-7-12(19)14(16(20)9(8)2)17(21)11-3-4-13-10(15(11)18)5-6-24(13,22)23/h3-4,8-9,14H,5-7H2,1-2H3. The average Bonchev–Trinajstić information content (AvgIpc) is 2.81. The highest BCUT2D eigenvalue weighted by Crippen LogP contribution is 2.37. The molecule has 2 aliphatic rings. The number of halogens is 1. The first-order chi connectivity index (χ1) is 11.1. The molecule has 1 heterocycles. The Morgan fingerprint density at radius 2 is 1.88 bits per heavy atom. The Morgan fingerprint density at radius 3 is 2.54 bits per heavy atom. The van der Waals surface area contributed by atoms with E-state index in [1.807, 2.05) is 6.92 Å². The van der Waals surface area contributed by atoms with Gasteiger partial charge in [0.15, 0.2) is 27.2 Å². The molecule has 1 aromatic rings. The molecule has 0 bridgehead atoms. The molecule has 3 unspecified atom stereocenters. The molecule has 3 rings (SSSR count). The molecule has 3 atom stereocenters. The first kappa shape index (κ1) is 17.3. The number of sulfone groups is 1. The molecule has 24 heavy (non-hydrogen) atoms. The van der Waals surface area contributed by atoms with E-state index in [0.717, 1.165) is 0 Å². The second-order valence-electron chi connectivity index (χ2n) is 6.61. The van der Waals surface area contributed by atoms with Crippen molar-refractivity contribution in [1.29, 1.82) is 0 Å². The molecule has 1 aliphatic heterocycles. The summed E-state index contributed by atoms with van der Waals surface area (Å²) in [6.07, 6.45) is 0.415. The zero-order valence-corrected chi connectivity index (χ0v) is 14.9. The van der Waals surface area contributed by atoms with Gasteiger partial charge in [0.2, 0.25) is 0 Å². The second kappa shape index (κ2) is 5.77. The fourth-order valence-electron chi connectivity index (χ4n) is 3.41. The predicted octanol–water partition coefficient (Wildman–Crippen LogP) is 2.28. The van der Waals surface area contributed by atoms with E-state index in [4.69, 9.17) is 11.6 Å². The maximum atomic E-state index is 12.8. The van der Waals surface area contributed by atoms with Crippen LogP contribution in [-0.2, 0) is 25.8 Å². The molecule has 0 radical (unpaired) electrons. The summed E-state index contributed by atoms with van der Waals surface area (Å²) in [5.41, 5.74) is 0.459. The fraction of sp³-hybridized carbons (Fsp3) is 0.471. The van der Waals surface area contributed by atoms with Gasteiger partial charge in [0.25, 0.3) is 0 Å².